The topological polar surface area (TPSA) is 24.1 Å². The predicted molar refractivity (Wildman–Crippen MR) is 89.1 cm³/mol. The Morgan fingerprint density at radius 1 is 1.09 bits per heavy atom. The van der Waals surface area contributed by atoms with Gasteiger partial charge in [0.2, 0.25) is 0 Å². The van der Waals surface area contributed by atoms with Crippen LogP contribution in [0.5, 0.6) is 0 Å². The van der Waals surface area contributed by atoms with Crippen molar-refractivity contribution < 1.29 is 4.39 Å². The van der Waals surface area contributed by atoms with Gasteiger partial charge in [0, 0.05) is 17.6 Å². The first-order valence-corrected chi connectivity index (χ1v) is 8.17. The van der Waals surface area contributed by atoms with Gasteiger partial charge in [-0.2, -0.15) is 0 Å². The molecule has 0 spiro atoms. The van der Waals surface area contributed by atoms with Crippen LogP contribution in [0.15, 0.2) is 36.4 Å². The second kappa shape index (κ2) is 5.56. The molecule has 2 aromatic carbocycles. The highest BCUT2D eigenvalue weighted by molar-refractivity contribution is 6.31. The number of hydrogen-bond donors (Lipinski definition) is 2. The molecule has 2 atom stereocenters. The van der Waals surface area contributed by atoms with E-state index in [1.54, 1.807) is 6.07 Å². The second-order valence-corrected chi connectivity index (χ2v) is 6.49. The zero-order valence-electron chi connectivity index (χ0n) is 12.2. The van der Waals surface area contributed by atoms with Gasteiger partial charge in [-0.25, -0.2) is 4.39 Å². The lowest BCUT2D eigenvalue weighted by Crippen LogP contribution is -2.21. The normalized spacial score (nSPS) is 23.4. The van der Waals surface area contributed by atoms with E-state index in [1.807, 2.05) is 6.07 Å². The molecular formula is C18H18ClFN2. The minimum Gasteiger partial charge on any atom is -0.381 e. The highest BCUT2D eigenvalue weighted by Crippen LogP contribution is 2.45. The molecule has 1 saturated heterocycles. The molecule has 0 bridgehead atoms. The van der Waals surface area contributed by atoms with E-state index in [-0.39, 0.29) is 10.8 Å². The predicted octanol–water partition coefficient (Wildman–Crippen LogP) is 4.41. The first-order valence-electron chi connectivity index (χ1n) is 7.79. The minimum atomic E-state index is -0.368. The molecule has 0 saturated carbocycles. The van der Waals surface area contributed by atoms with Crippen molar-refractivity contribution in [3.8, 4) is 11.1 Å². The Morgan fingerprint density at radius 3 is 2.82 bits per heavy atom. The van der Waals surface area contributed by atoms with Crippen LogP contribution in [0, 0.1) is 5.82 Å². The minimum absolute atomic E-state index is 0.181. The maximum Gasteiger partial charge on any atom is 0.141 e. The van der Waals surface area contributed by atoms with Gasteiger partial charge >= 0.3 is 0 Å². The number of anilines is 1. The van der Waals surface area contributed by atoms with Gasteiger partial charge in [-0.1, -0.05) is 29.8 Å². The summed E-state index contributed by atoms with van der Waals surface area (Å²) in [6.07, 6.45) is 2.25. The molecule has 2 aliphatic rings. The molecule has 4 heteroatoms. The van der Waals surface area contributed by atoms with E-state index < -0.39 is 0 Å². The van der Waals surface area contributed by atoms with Crippen molar-refractivity contribution in [2.75, 3.05) is 18.4 Å². The summed E-state index contributed by atoms with van der Waals surface area (Å²) in [6.45, 7) is 2.10. The lowest BCUT2D eigenvalue weighted by atomic mass is 9.86. The Labute approximate surface area is 134 Å². The van der Waals surface area contributed by atoms with Crippen LogP contribution in [0.25, 0.3) is 11.1 Å². The third kappa shape index (κ3) is 2.29. The van der Waals surface area contributed by atoms with Crippen LogP contribution in [0.1, 0.15) is 24.3 Å². The molecule has 2 nitrogen and oxygen atoms in total. The van der Waals surface area contributed by atoms with Gasteiger partial charge in [-0.3, -0.25) is 0 Å². The third-order valence-corrected chi connectivity index (χ3v) is 5.09. The van der Waals surface area contributed by atoms with E-state index in [2.05, 4.69) is 28.8 Å². The number of benzene rings is 2. The van der Waals surface area contributed by atoms with Crippen molar-refractivity contribution in [3.05, 3.63) is 52.8 Å². The van der Waals surface area contributed by atoms with Gasteiger partial charge < -0.3 is 10.6 Å². The number of fused-ring (bicyclic) bond motifs is 3. The molecule has 2 N–H and O–H groups in total. The lowest BCUT2D eigenvalue weighted by molar-refractivity contribution is 0.579. The second-order valence-electron chi connectivity index (χ2n) is 6.08. The maximum atomic E-state index is 13.5. The summed E-state index contributed by atoms with van der Waals surface area (Å²) < 4.78 is 13.5. The molecule has 0 amide bonds. The molecule has 114 valence electrons. The lowest BCUT2D eigenvalue weighted by Gasteiger charge is -2.18. The van der Waals surface area contributed by atoms with Gasteiger partial charge in [-0.05, 0) is 60.8 Å². The summed E-state index contributed by atoms with van der Waals surface area (Å²) in [5.74, 6) is 0.137. The van der Waals surface area contributed by atoms with Gasteiger partial charge in [-0.15, -0.1) is 0 Å². The number of nitrogens with one attached hydrogen (secondary N) is 2. The van der Waals surface area contributed by atoms with Crippen molar-refractivity contribution in [1.82, 2.24) is 5.32 Å². The van der Waals surface area contributed by atoms with Crippen LogP contribution in [0.2, 0.25) is 5.02 Å². The quantitative estimate of drug-likeness (QED) is 0.814. The Hall–Kier alpha value is -1.58. The molecule has 0 radical (unpaired) electrons. The molecule has 22 heavy (non-hydrogen) atoms. The first-order chi connectivity index (χ1) is 10.7. The molecular weight excluding hydrogens is 299 g/mol. The van der Waals surface area contributed by atoms with Crippen LogP contribution < -0.4 is 10.6 Å². The smallest absolute Gasteiger partial charge is 0.141 e. The number of halogens is 2. The van der Waals surface area contributed by atoms with Crippen molar-refractivity contribution in [1.29, 1.82) is 0 Å². The molecule has 0 aliphatic carbocycles. The van der Waals surface area contributed by atoms with E-state index in [1.165, 1.54) is 22.9 Å². The highest BCUT2D eigenvalue weighted by Gasteiger charge is 2.34. The summed E-state index contributed by atoms with van der Waals surface area (Å²) in [5, 5.41) is 7.32. The fraction of sp³-hybridized carbons (Fsp3) is 0.333. The van der Waals surface area contributed by atoms with Crippen molar-refractivity contribution in [2.24, 2.45) is 0 Å². The molecule has 2 aliphatic heterocycles. The Kier molecular flexibility index (Phi) is 3.55. The zero-order valence-corrected chi connectivity index (χ0v) is 13.0. The summed E-state index contributed by atoms with van der Waals surface area (Å²) in [6, 6.07) is 11.8. The van der Waals surface area contributed by atoms with Crippen LogP contribution >= 0.6 is 11.6 Å². The van der Waals surface area contributed by atoms with E-state index >= 15 is 0 Å². The Bertz CT molecular complexity index is 716. The van der Waals surface area contributed by atoms with E-state index in [9.17, 15) is 4.39 Å². The summed E-state index contributed by atoms with van der Waals surface area (Å²) in [4.78, 5) is 0. The zero-order chi connectivity index (χ0) is 15.1. The highest BCUT2D eigenvalue weighted by atomic mass is 35.5. The van der Waals surface area contributed by atoms with Crippen molar-refractivity contribution >= 4 is 17.3 Å². The Morgan fingerprint density at radius 2 is 1.95 bits per heavy atom. The monoisotopic (exact) mass is 316 g/mol. The van der Waals surface area contributed by atoms with Gasteiger partial charge in [0.25, 0.3) is 0 Å². The summed E-state index contributed by atoms with van der Waals surface area (Å²) in [7, 11) is 0. The maximum absolute atomic E-state index is 13.5. The number of rotatable bonds is 1. The standard InChI is InChI=1S/C18H18ClFN2/c19-14-10-11(4-5-15(14)20)12-2-1-3-17-18(12)13-6-8-21-9-7-16(13)22-17/h1-5,10,13,16,21-22H,6-9H2. The van der Waals surface area contributed by atoms with Crippen LogP contribution in [-0.4, -0.2) is 19.1 Å². The number of hydrogen-bond acceptors (Lipinski definition) is 2. The average Bonchev–Trinajstić information content (AvgIpc) is 2.72. The van der Waals surface area contributed by atoms with E-state index in [0.717, 1.165) is 31.5 Å². The molecule has 2 unspecified atom stereocenters. The van der Waals surface area contributed by atoms with Gasteiger partial charge in [0.1, 0.15) is 5.82 Å². The molecule has 1 fully saturated rings. The van der Waals surface area contributed by atoms with Crippen molar-refractivity contribution in [3.63, 3.8) is 0 Å². The molecule has 2 heterocycles. The fourth-order valence-electron chi connectivity index (χ4n) is 3.77. The summed E-state index contributed by atoms with van der Waals surface area (Å²) >= 11 is 5.98. The van der Waals surface area contributed by atoms with E-state index in [4.69, 9.17) is 11.6 Å². The van der Waals surface area contributed by atoms with Crippen LogP contribution in [0.4, 0.5) is 10.1 Å². The Balaban J connectivity index is 1.82. The van der Waals surface area contributed by atoms with E-state index in [0.29, 0.717) is 12.0 Å². The van der Waals surface area contributed by atoms with Gasteiger partial charge in [0.15, 0.2) is 0 Å². The largest absolute Gasteiger partial charge is 0.381 e. The van der Waals surface area contributed by atoms with Crippen LogP contribution in [-0.2, 0) is 0 Å². The molecule has 2 aromatic rings. The first kappa shape index (κ1) is 14.0. The SMILES string of the molecule is Fc1ccc(-c2cccc3c2C2CCNCCC2N3)cc1Cl. The van der Waals surface area contributed by atoms with Crippen molar-refractivity contribution in [2.45, 2.75) is 24.8 Å². The fourth-order valence-corrected chi connectivity index (χ4v) is 3.95. The average molecular weight is 317 g/mol. The molecule has 4 rings (SSSR count). The van der Waals surface area contributed by atoms with Gasteiger partial charge in [0.05, 0.1) is 5.02 Å². The van der Waals surface area contributed by atoms with Crippen LogP contribution in [0.3, 0.4) is 0 Å². The molecule has 0 aromatic heterocycles. The third-order valence-electron chi connectivity index (χ3n) is 4.80. The summed E-state index contributed by atoms with van der Waals surface area (Å²) in [5.41, 5.74) is 4.73.